The molecule has 2 heterocycles. The van der Waals surface area contributed by atoms with E-state index in [0.29, 0.717) is 33.0 Å². The van der Waals surface area contributed by atoms with Crippen molar-refractivity contribution in [2.45, 2.75) is 63.4 Å². The van der Waals surface area contributed by atoms with Crippen molar-refractivity contribution in [1.82, 2.24) is 0 Å². The molecule has 0 aliphatic carbocycles. The van der Waals surface area contributed by atoms with Crippen LogP contribution in [0.25, 0.3) is 10.1 Å². The highest BCUT2D eigenvalue weighted by molar-refractivity contribution is 7.19. The number of benzene rings is 6. The van der Waals surface area contributed by atoms with Gasteiger partial charge in [-0.2, -0.15) is 0 Å². The van der Waals surface area contributed by atoms with Crippen molar-refractivity contribution in [3.8, 4) is 0 Å². The van der Waals surface area contributed by atoms with Crippen LogP contribution in [0.4, 0.5) is 0 Å². The highest BCUT2D eigenvalue weighted by Gasteiger charge is 2.49. The summed E-state index contributed by atoms with van der Waals surface area (Å²) in [6.45, 7) is 1.99. The number of hydrogen-bond acceptors (Lipinski definition) is 6. The van der Waals surface area contributed by atoms with Crippen LogP contribution in [0.1, 0.15) is 44.4 Å². The SMILES string of the molecule is c1ccc(COCC2OC(c3cccc(Cc4cc5ccccc5s4)c3)[C@H](OCc3ccccc3)[C@@H](OCc3ccccc3)[C@@H]2OCc2ccccc2)cc1. The van der Waals surface area contributed by atoms with E-state index in [2.05, 4.69) is 103 Å². The third-order valence-corrected chi connectivity index (χ3v) is 11.1. The molecule has 1 fully saturated rings. The molecule has 0 spiro atoms. The molecule has 0 saturated carbocycles. The molecule has 0 N–H and O–H groups in total. The maximum atomic E-state index is 7.20. The van der Waals surface area contributed by atoms with Crippen LogP contribution < -0.4 is 0 Å². The van der Waals surface area contributed by atoms with Crippen LogP contribution in [0, 0.1) is 0 Å². The third-order valence-electron chi connectivity index (χ3n) is 10.0. The van der Waals surface area contributed by atoms with Gasteiger partial charge >= 0.3 is 0 Å². The highest BCUT2D eigenvalue weighted by atomic mass is 32.1. The fourth-order valence-corrected chi connectivity index (χ4v) is 8.36. The predicted molar refractivity (Wildman–Crippen MR) is 220 cm³/mol. The summed E-state index contributed by atoms with van der Waals surface area (Å²) in [5.41, 5.74) is 6.60. The normalized spacial score (nSPS) is 19.7. The van der Waals surface area contributed by atoms with Crippen LogP contribution in [0.2, 0.25) is 0 Å². The minimum absolute atomic E-state index is 0.322. The molecule has 5 atom stereocenters. The molecular formula is C49H46O5S. The molecule has 5 nitrogen and oxygen atoms in total. The molecular weight excluding hydrogens is 701 g/mol. The summed E-state index contributed by atoms with van der Waals surface area (Å²) in [6, 6.07) is 60.7. The number of rotatable bonds is 16. The number of ether oxygens (including phenoxy) is 5. The van der Waals surface area contributed by atoms with E-state index in [9.17, 15) is 0 Å². The molecule has 6 aromatic carbocycles. The van der Waals surface area contributed by atoms with Crippen LogP contribution in [0.3, 0.4) is 0 Å². The van der Waals surface area contributed by atoms with Crippen LogP contribution in [0.15, 0.2) is 176 Å². The zero-order valence-corrected chi connectivity index (χ0v) is 31.6. The van der Waals surface area contributed by atoms with E-state index in [0.717, 1.165) is 34.2 Å². The van der Waals surface area contributed by atoms with Crippen molar-refractivity contribution in [3.05, 3.63) is 214 Å². The number of thiophene rings is 1. The monoisotopic (exact) mass is 746 g/mol. The topological polar surface area (TPSA) is 46.2 Å². The van der Waals surface area contributed by atoms with Crippen molar-refractivity contribution in [2.24, 2.45) is 0 Å². The van der Waals surface area contributed by atoms with Crippen LogP contribution in [0.5, 0.6) is 0 Å². The average molecular weight is 747 g/mol. The van der Waals surface area contributed by atoms with Gasteiger partial charge in [0.25, 0.3) is 0 Å². The molecule has 1 aliphatic rings. The second kappa shape index (κ2) is 18.6. The summed E-state index contributed by atoms with van der Waals surface area (Å²) >= 11 is 1.85. The van der Waals surface area contributed by atoms with Gasteiger partial charge < -0.3 is 23.7 Å². The molecule has 0 bridgehead atoms. The number of fused-ring (bicyclic) bond motifs is 1. The quantitative estimate of drug-likeness (QED) is 0.0985. The summed E-state index contributed by atoms with van der Waals surface area (Å²) < 4.78 is 35.8. The van der Waals surface area contributed by atoms with E-state index in [1.807, 2.05) is 84.1 Å². The van der Waals surface area contributed by atoms with Gasteiger partial charge in [0.2, 0.25) is 0 Å². The van der Waals surface area contributed by atoms with E-state index in [-0.39, 0.29) is 0 Å². The van der Waals surface area contributed by atoms with Gasteiger partial charge in [0, 0.05) is 16.0 Å². The van der Waals surface area contributed by atoms with Crippen molar-refractivity contribution in [2.75, 3.05) is 6.61 Å². The fraction of sp³-hybridized carbons (Fsp3) is 0.224. The van der Waals surface area contributed by atoms with Crippen molar-refractivity contribution in [1.29, 1.82) is 0 Å². The Kier molecular flexibility index (Phi) is 12.5. The molecule has 1 saturated heterocycles. The lowest BCUT2D eigenvalue weighted by atomic mass is 9.89. The molecule has 278 valence electrons. The third kappa shape index (κ3) is 9.85. The summed E-state index contributed by atoms with van der Waals surface area (Å²) in [6.07, 6.45) is -1.53. The maximum absolute atomic E-state index is 7.20. The molecule has 7 aromatic rings. The largest absolute Gasteiger partial charge is 0.374 e. The fourth-order valence-electron chi connectivity index (χ4n) is 7.26. The Labute approximate surface area is 328 Å². The first kappa shape index (κ1) is 37.0. The Bertz CT molecular complexity index is 2160. The van der Waals surface area contributed by atoms with Gasteiger partial charge in [-0.05, 0) is 50.9 Å². The van der Waals surface area contributed by atoms with Gasteiger partial charge in [-0.1, -0.05) is 164 Å². The summed E-state index contributed by atoms with van der Waals surface area (Å²) in [5, 5.41) is 1.28. The van der Waals surface area contributed by atoms with Gasteiger partial charge in [-0.3, -0.25) is 0 Å². The van der Waals surface area contributed by atoms with Gasteiger partial charge in [0.05, 0.1) is 33.0 Å². The Morgan fingerprint density at radius 3 is 1.56 bits per heavy atom. The molecule has 8 rings (SSSR count). The molecule has 2 unspecified atom stereocenters. The van der Waals surface area contributed by atoms with Gasteiger partial charge in [0.1, 0.15) is 30.5 Å². The molecule has 0 radical (unpaired) electrons. The summed E-state index contributed by atoms with van der Waals surface area (Å²) in [7, 11) is 0. The number of hydrogen-bond donors (Lipinski definition) is 0. The molecule has 0 amide bonds. The molecule has 1 aliphatic heterocycles. The summed E-state index contributed by atoms with van der Waals surface area (Å²) in [5.74, 6) is 0. The first-order valence-corrected chi connectivity index (χ1v) is 19.9. The van der Waals surface area contributed by atoms with Gasteiger partial charge in [-0.15, -0.1) is 11.3 Å². The molecule has 55 heavy (non-hydrogen) atoms. The van der Waals surface area contributed by atoms with Crippen molar-refractivity contribution in [3.63, 3.8) is 0 Å². The van der Waals surface area contributed by atoms with Crippen molar-refractivity contribution >= 4 is 21.4 Å². The first-order valence-electron chi connectivity index (χ1n) is 19.1. The second-order valence-electron chi connectivity index (χ2n) is 14.1. The summed E-state index contributed by atoms with van der Waals surface area (Å²) in [4.78, 5) is 1.32. The first-order chi connectivity index (χ1) is 27.2. The molecule has 1 aromatic heterocycles. The lowest BCUT2D eigenvalue weighted by Crippen LogP contribution is -2.58. The minimum Gasteiger partial charge on any atom is -0.374 e. The standard InChI is InChI=1S/C49H46O5S/c1-5-16-36(17-6-1)31-50-35-44-47(51-32-37-18-7-2-8-19-37)49(53-34-39-22-11-4-12-23-39)48(52-33-38-20-9-3-10-21-38)46(54-44)42-26-15-24-40(28-42)29-43-30-41-25-13-14-27-45(41)55-43/h1-28,30,44,46-49H,29,31-35H2/t44?,46?,47-,48+,49+/m1/s1. The highest BCUT2D eigenvalue weighted by Crippen LogP contribution is 2.39. The van der Waals surface area contributed by atoms with Crippen LogP contribution in [-0.2, 0) is 56.5 Å². The Hall–Kier alpha value is -4.92. The smallest absolute Gasteiger partial charge is 0.117 e. The lowest BCUT2D eigenvalue weighted by molar-refractivity contribution is -0.275. The van der Waals surface area contributed by atoms with E-state index in [1.54, 1.807) is 0 Å². The van der Waals surface area contributed by atoms with Crippen LogP contribution in [-0.4, -0.2) is 31.0 Å². The minimum atomic E-state index is -0.491. The predicted octanol–water partition coefficient (Wildman–Crippen LogP) is 10.9. The Morgan fingerprint density at radius 1 is 0.455 bits per heavy atom. The molecule has 6 heteroatoms. The maximum Gasteiger partial charge on any atom is 0.117 e. The van der Waals surface area contributed by atoms with E-state index in [1.165, 1.54) is 20.5 Å². The zero-order chi connectivity index (χ0) is 37.1. The van der Waals surface area contributed by atoms with E-state index >= 15 is 0 Å². The van der Waals surface area contributed by atoms with Gasteiger partial charge in [0.15, 0.2) is 0 Å². The lowest BCUT2D eigenvalue weighted by Gasteiger charge is -2.46. The van der Waals surface area contributed by atoms with E-state index < -0.39 is 30.5 Å². The van der Waals surface area contributed by atoms with Crippen LogP contribution >= 0.6 is 11.3 Å². The average Bonchev–Trinajstić information content (AvgIpc) is 3.65. The van der Waals surface area contributed by atoms with Crippen molar-refractivity contribution < 1.29 is 23.7 Å². The van der Waals surface area contributed by atoms with E-state index in [4.69, 9.17) is 23.7 Å². The van der Waals surface area contributed by atoms with Gasteiger partial charge in [-0.25, -0.2) is 0 Å². The second-order valence-corrected chi connectivity index (χ2v) is 15.2. The zero-order valence-electron chi connectivity index (χ0n) is 30.8. The Morgan fingerprint density at radius 2 is 0.964 bits per heavy atom. The Balaban J connectivity index is 1.14.